The van der Waals surface area contributed by atoms with Crippen LogP contribution in [0.5, 0.6) is 5.75 Å². The third kappa shape index (κ3) is 3.08. The van der Waals surface area contributed by atoms with Gasteiger partial charge in [-0.15, -0.1) is 0 Å². The lowest BCUT2D eigenvalue weighted by Crippen LogP contribution is -2.56. The molecule has 0 aliphatic heterocycles. The Morgan fingerprint density at radius 2 is 1.86 bits per heavy atom. The molecule has 0 aromatic heterocycles. The van der Waals surface area contributed by atoms with Gasteiger partial charge in [0.05, 0.1) is 13.5 Å². The molecule has 1 aromatic rings. The molecular formula is C17H23NO4. The third-order valence-corrected chi connectivity index (χ3v) is 4.63. The molecule has 1 aliphatic carbocycles. The monoisotopic (exact) mass is 305 g/mol. The highest BCUT2D eigenvalue weighted by Gasteiger charge is 2.45. The summed E-state index contributed by atoms with van der Waals surface area (Å²) in [6.07, 6.45) is 3.92. The van der Waals surface area contributed by atoms with Crippen LogP contribution in [0.3, 0.4) is 0 Å². The molecule has 0 bridgehead atoms. The molecule has 0 spiro atoms. The summed E-state index contributed by atoms with van der Waals surface area (Å²) in [5.74, 6) is -0.436. The van der Waals surface area contributed by atoms with E-state index in [-0.39, 0.29) is 12.3 Å². The fourth-order valence-corrected chi connectivity index (χ4v) is 3.20. The van der Waals surface area contributed by atoms with Gasteiger partial charge < -0.3 is 14.7 Å². The van der Waals surface area contributed by atoms with Gasteiger partial charge in [-0.3, -0.25) is 4.79 Å². The maximum absolute atomic E-state index is 12.6. The number of benzene rings is 1. The van der Waals surface area contributed by atoms with Crippen LogP contribution in [0, 0.1) is 0 Å². The van der Waals surface area contributed by atoms with Gasteiger partial charge in [0.1, 0.15) is 11.3 Å². The summed E-state index contributed by atoms with van der Waals surface area (Å²) in [6.45, 7) is 0. The van der Waals surface area contributed by atoms with Crippen molar-refractivity contribution in [3.05, 3.63) is 29.8 Å². The van der Waals surface area contributed by atoms with Gasteiger partial charge in [0.25, 0.3) is 0 Å². The van der Waals surface area contributed by atoms with E-state index in [9.17, 15) is 14.7 Å². The number of carbonyl (C=O) groups excluding carboxylic acids is 1. The predicted octanol–water partition coefficient (Wildman–Crippen LogP) is 2.48. The van der Waals surface area contributed by atoms with E-state index in [0.29, 0.717) is 18.6 Å². The molecule has 0 radical (unpaired) electrons. The maximum atomic E-state index is 12.6. The highest BCUT2D eigenvalue weighted by molar-refractivity contribution is 5.88. The summed E-state index contributed by atoms with van der Waals surface area (Å²) >= 11 is 0. The Morgan fingerprint density at radius 3 is 2.45 bits per heavy atom. The molecule has 0 atom stereocenters. The Labute approximate surface area is 130 Å². The van der Waals surface area contributed by atoms with Crippen LogP contribution in [0.4, 0.5) is 0 Å². The molecular weight excluding hydrogens is 282 g/mol. The van der Waals surface area contributed by atoms with Crippen molar-refractivity contribution in [1.29, 1.82) is 0 Å². The highest BCUT2D eigenvalue weighted by Crippen LogP contribution is 2.34. The molecule has 120 valence electrons. The fourth-order valence-electron chi connectivity index (χ4n) is 3.20. The van der Waals surface area contributed by atoms with E-state index in [1.54, 1.807) is 20.2 Å². The number of para-hydroxylation sites is 1. The first-order valence-corrected chi connectivity index (χ1v) is 7.63. The predicted molar refractivity (Wildman–Crippen MR) is 82.9 cm³/mol. The quantitative estimate of drug-likeness (QED) is 0.907. The zero-order valence-electron chi connectivity index (χ0n) is 13.2. The number of carbonyl (C=O) groups is 2. The number of amides is 1. The van der Waals surface area contributed by atoms with Gasteiger partial charge in [0.15, 0.2) is 0 Å². The number of carboxylic acids is 1. The molecule has 1 fully saturated rings. The summed E-state index contributed by atoms with van der Waals surface area (Å²) in [7, 11) is 3.17. The number of rotatable bonds is 5. The van der Waals surface area contributed by atoms with E-state index in [1.165, 1.54) is 4.90 Å². The standard InChI is InChI=1S/C17H23NO4/c1-18(17(16(20)21)10-6-3-7-11-17)15(19)12-13-8-4-5-9-14(13)22-2/h4-5,8-9H,3,6-7,10-12H2,1-2H3,(H,20,21). The van der Waals surface area contributed by atoms with Crippen LogP contribution in [-0.2, 0) is 16.0 Å². The first-order chi connectivity index (χ1) is 10.5. The number of methoxy groups -OCH3 is 1. The summed E-state index contributed by atoms with van der Waals surface area (Å²) in [5, 5.41) is 9.66. The Balaban J connectivity index is 2.18. The molecule has 2 rings (SSSR count). The van der Waals surface area contributed by atoms with E-state index in [1.807, 2.05) is 18.2 Å². The lowest BCUT2D eigenvalue weighted by atomic mass is 9.80. The SMILES string of the molecule is COc1ccccc1CC(=O)N(C)C1(C(=O)O)CCCCC1. The van der Waals surface area contributed by atoms with Crippen molar-refractivity contribution in [2.45, 2.75) is 44.1 Å². The number of likely N-dealkylation sites (N-methyl/N-ethyl adjacent to an activating group) is 1. The van der Waals surface area contributed by atoms with Crippen molar-refractivity contribution in [3.63, 3.8) is 0 Å². The van der Waals surface area contributed by atoms with Crippen molar-refractivity contribution < 1.29 is 19.4 Å². The second-order valence-electron chi connectivity index (χ2n) is 5.84. The van der Waals surface area contributed by atoms with E-state index >= 15 is 0 Å². The van der Waals surface area contributed by atoms with Crippen LogP contribution in [0.2, 0.25) is 0 Å². The molecule has 5 nitrogen and oxygen atoms in total. The minimum absolute atomic E-state index is 0.148. The van der Waals surface area contributed by atoms with Gasteiger partial charge in [-0.2, -0.15) is 0 Å². The lowest BCUT2D eigenvalue weighted by molar-refractivity contribution is -0.160. The van der Waals surface area contributed by atoms with Gasteiger partial charge in [0, 0.05) is 12.6 Å². The molecule has 5 heteroatoms. The van der Waals surface area contributed by atoms with Crippen LogP contribution < -0.4 is 4.74 Å². The van der Waals surface area contributed by atoms with Crippen LogP contribution >= 0.6 is 0 Å². The topological polar surface area (TPSA) is 66.8 Å². The zero-order valence-corrected chi connectivity index (χ0v) is 13.2. The Kier molecular flexibility index (Phi) is 5.06. The van der Waals surface area contributed by atoms with E-state index in [0.717, 1.165) is 24.8 Å². The number of carboxylic acid groups (broad SMARTS) is 1. The number of ether oxygens (including phenoxy) is 1. The van der Waals surface area contributed by atoms with Gasteiger partial charge in [-0.25, -0.2) is 4.79 Å². The Morgan fingerprint density at radius 1 is 1.23 bits per heavy atom. The molecule has 1 N–H and O–H groups in total. The molecule has 0 saturated heterocycles. The number of hydrogen-bond acceptors (Lipinski definition) is 3. The van der Waals surface area contributed by atoms with Gasteiger partial charge in [-0.1, -0.05) is 37.5 Å². The average molecular weight is 305 g/mol. The smallest absolute Gasteiger partial charge is 0.329 e. The Bertz CT molecular complexity index is 549. The summed E-state index contributed by atoms with van der Waals surface area (Å²) < 4.78 is 5.26. The van der Waals surface area contributed by atoms with Gasteiger partial charge in [0.2, 0.25) is 5.91 Å². The zero-order chi connectivity index (χ0) is 16.2. The average Bonchev–Trinajstić information content (AvgIpc) is 2.55. The first-order valence-electron chi connectivity index (χ1n) is 7.63. The molecule has 1 amide bonds. The molecule has 1 aliphatic rings. The first kappa shape index (κ1) is 16.3. The number of hydrogen-bond donors (Lipinski definition) is 1. The number of nitrogens with zero attached hydrogens (tertiary/aromatic N) is 1. The van der Waals surface area contributed by atoms with Gasteiger partial charge >= 0.3 is 5.97 Å². The van der Waals surface area contributed by atoms with Crippen molar-refractivity contribution >= 4 is 11.9 Å². The summed E-state index contributed by atoms with van der Waals surface area (Å²) in [5.41, 5.74) is -0.282. The van der Waals surface area contributed by atoms with E-state index < -0.39 is 11.5 Å². The van der Waals surface area contributed by atoms with E-state index in [2.05, 4.69) is 0 Å². The maximum Gasteiger partial charge on any atom is 0.329 e. The largest absolute Gasteiger partial charge is 0.496 e. The Hall–Kier alpha value is -2.04. The molecule has 0 unspecified atom stereocenters. The van der Waals surface area contributed by atoms with Crippen LogP contribution in [-0.4, -0.2) is 41.6 Å². The highest BCUT2D eigenvalue weighted by atomic mass is 16.5. The number of aliphatic carboxylic acids is 1. The third-order valence-electron chi connectivity index (χ3n) is 4.63. The van der Waals surface area contributed by atoms with Crippen molar-refractivity contribution in [2.24, 2.45) is 0 Å². The van der Waals surface area contributed by atoms with Gasteiger partial charge in [-0.05, 0) is 18.9 Å². The molecule has 22 heavy (non-hydrogen) atoms. The minimum atomic E-state index is -1.06. The normalized spacial score (nSPS) is 16.8. The minimum Gasteiger partial charge on any atom is -0.496 e. The summed E-state index contributed by atoms with van der Waals surface area (Å²) in [6, 6.07) is 7.32. The second-order valence-corrected chi connectivity index (χ2v) is 5.84. The van der Waals surface area contributed by atoms with Crippen LogP contribution in [0.25, 0.3) is 0 Å². The second kappa shape index (κ2) is 6.81. The lowest BCUT2D eigenvalue weighted by Gasteiger charge is -2.41. The molecule has 1 saturated carbocycles. The van der Waals surface area contributed by atoms with Crippen molar-refractivity contribution in [2.75, 3.05) is 14.2 Å². The van der Waals surface area contributed by atoms with Crippen molar-refractivity contribution in [1.82, 2.24) is 4.90 Å². The van der Waals surface area contributed by atoms with Crippen LogP contribution in [0.15, 0.2) is 24.3 Å². The van der Waals surface area contributed by atoms with Crippen molar-refractivity contribution in [3.8, 4) is 5.75 Å². The fraction of sp³-hybridized carbons (Fsp3) is 0.529. The molecule has 1 aromatic carbocycles. The van der Waals surface area contributed by atoms with E-state index in [4.69, 9.17) is 4.74 Å². The summed E-state index contributed by atoms with van der Waals surface area (Å²) in [4.78, 5) is 25.8. The molecule has 0 heterocycles. The van der Waals surface area contributed by atoms with Crippen LogP contribution in [0.1, 0.15) is 37.7 Å².